The Hall–Kier alpha value is -3.32. The zero-order chi connectivity index (χ0) is 19.4. The van der Waals surface area contributed by atoms with Gasteiger partial charge in [-0.2, -0.15) is 0 Å². The van der Waals surface area contributed by atoms with Crippen molar-refractivity contribution >= 4 is 34.2 Å². The van der Waals surface area contributed by atoms with Crippen LogP contribution in [0.1, 0.15) is 16.1 Å². The van der Waals surface area contributed by atoms with Crippen molar-refractivity contribution in [1.29, 1.82) is 0 Å². The fraction of sp³-hybridized carbons (Fsp3) is 0.200. The molecular formula is C20H20N2O5. The van der Waals surface area contributed by atoms with Crippen LogP contribution in [0, 0.1) is 6.92 Å². The molecule has 2 N–H and O–H groups in total. The van der Waals surface area contributed by atoms with Crippen LogP contribution in [0.4, 0.5) is 11.4 Å². The van der Waals surface area contributed by atoms with Crippen molar-refractivity contribution in [3.8, 4) is 5.75 Å². The van der Waals surface area contributed by atoms with Crippen LogP contribution in [-0.4, -0.2) is 32.6 Å². The van der Waals surface area contributed by atoms with E-state index in [1.165, 1.54) is 7.11 Å². The highest BCUT2D eigenvalue weighted by Crippen LogP contribution is 2.29. The van der Waals surface area contributed by atoms with Gasteiger partial charge in [0.25, 0.3) is 5.91 Å². The highest BCUT2D eigenvalue weighted by molar-refractivity contribution is 6.13. The minimum absolute atomic E-state index is 0.0191. The van der Waals surface area contributed by atoms with Crippen molar-refractivity contribution in [2.45, 2.75) is 6.92 Å². The molecule has 0 saturated heterocycles. The number of hydrogen-bond acceptors (Lipinski definition) is 5. The molecule has 0 saturated carbocycles. The SMILES string of the molecule is COCC(=O)Nc1ccc(NC(=O)c2c(C)oc3ccc(OC)cc23)cc1. The molecule has 7 nitrogen and oxygen atoms in total. The van der Waals surface area contributed by atoms with E-state index in [4.69, 9.17) is 13.9 Å². The highest BCUT2D eigenvalue weighted by Gasteiger charge is 2.19. The number of benzene rings is 2. The Kier molecular flexibility index (Phi) is 5.42. The van der Waals surface area contributed by atoms with Crippen molar-refractivity contribution in [3.63, 3.8) is 0 Å². The van der Waals surface area contributed by atoms with Crippen LogP contribution in [0.25, 0.3) is 11.0 Å². The first kappa shape index (κ1) is 18.5. The summed E-state index contributed by atoms with van der Waals surface area (Å²) in [5, 5.41) is 6.22. The van der Waals surface area contributed by atoms with Crippen molar-refractivity contribution in [3.05, 3.63) is 53.8 Å². The number of anilines is 2. The number of aryl methyl sites for hydroxylation is 1. The summed E-state index contributed by atoms with van der Waals surface area (Å²) >= 11 is 0. The molecule has 0 fully saturated rings. The van der Waals surface area contributed by atoms with Gasteiger partial charge < -0.3 is 24.5 Å². The third kappa shape index (κ3) is 4.09. The predicted molar refractivity (Wildman–Crippen MR) is 102 cm³/mol. The first-order valence-electron chi connectivity index (χ1n) is 8.29. The van der Waals surface area contributed by atoms with Crippen molar-refractivity contribution in [2.24, 2.45) is 0 Å². The molecule has 3 aromatic rings. The van der Waals surface area contributed by atoms with Crippen molar-refractivity contribution in [2.75, 3.05) is 31.5 Å². The standard InChI is InChI=1S/C20H20N2O5/c1-12-19(16-10-15(26-3)8-9-17(16)27-12)20(24)22-14-6-4-13(5-7-14)21-18(23)11-25-2/h4-10H,11H2,1-3H3,(H,21,23)(H,22,24). The van der Waals surface area contributed by atoms with E-state index in [1.54, 1.807) is 56.5 Å². The number of furan rings is 1. The van der Waals surface area contributed by atoms with E-state index in [-0.39, 0.29) is 18.4 Å². The van der Waals surface area contributed by atoms with Crippen LogP contribution in [-0.2, 0) is 9.53 Å². The van der Waals surface area contributed by atoms with Crippen LogP contribution in [0.2, 0.25) is 0 Å². The van der Waals surface area contributed by atoms with Crippen LogP contribution < -0.4 is 15.4 Å². The molecule has 0 radical (unpaired) electrons. The second-order valence-corrected chi connectivity index (χ2v) is 5.91. The summed E-state index contributed by atoms with van der Waals surface area (Å²) in [6.07, 6.45) is 0. The normalized spacial score (nSPS) is 10.6. The molecule has 2 amide bonds. The first-order valence-corrected chi connectivity index (χ1v) is 8.29. The number of hydrogen-bond donors (Lipinski definition) is 2. The van der Waals surface area contributed by atoms with Gasteiger partial charge in [0, 0.05) is 23.9 Å². The van der Waals surface area contributed by atoms with Gasteiger partial charge in [0.05, 0.1) is 12.7 Å². The monoisotopic (exact) mass is 368 g/mol. The Morgan fingerprint density at radius 2 is 1.67 bits per heavy atom. The molecule has 0 unspecified atom stereocenters. The molecule has 0 atom stereocenters. The van der Waals surface area contributed by atoms with Gasteiger partial charge in [-0.1, -0.05) is 0 Å². The zero-order valence-electron chi connectivity index (χ0n) is 15.3. The predicted octanol–water partition coefficient (Wildman–Crippen LogP) is 3.59. The van der Waals surface area contributed by atoms with Crippen LogP contribution in [0.15, 0.2) is 46.9 Å². The number of amides is 2. The number of fused-ring (bicyclic) bond motifs is 1. The summed E-state index contributed by atoms with van der Waals surface area (Å²) in [6.45, 7) is 1.73. The van der Waals surface area contributed by atoms with E-state index in [0.717, 1.165) is 0 Å². The average Bonchev–Trinajstić information content (AvgIpc) is 2.98. The maximum Gasteiger partial charge on any atom is 0.259 e. The minimum Gasteiger partial charge on any atom is -0.497 e. The molecule has 3 rings (SSSR count). The van der Waals surface area contributed by atoms with E-state index < -0.39 is 0 Å². The zero-order valence-corrected chi connectivity index (χ0v) is 15.3. The lowest BCUT2D eigenvalue weighted by atomic mass is 10.1. The lowest BCUT2D eigenvalue weighted by Crippen LogP contribution is -2.17. The van der Waals surface area contributed by atoms with Crippen LogP contribution >= 0.6 is 0 Å². The Balaban J connectivity index is 1.78. The maximum atomic E-state index is 12.8. The average molecular weight is 368 g/mol. The summed E-state index contributed by atoms with van der Waals surface area (Å²) in [6, 6.07) is 12.1. The lowest BCUT2D eigenvalue weighted by Gasteiger charge is -2.08. The Morgan fingerprint density at radius 1 is 1.00 bits per heavy atom. The van der Waals surface area contributed by atoms with Gasteiger partial charge in [-0.15, -0.1) is 0 Å². The first-order chi connectivity index (χ1) is 13.0. The third-order valence-corrected chi connectivity index (χ3v) is 4.00. The van der Waals surface area contributed by atoms with Gasteiger partial charge in [-0.3, -0.25) is 9.59 Å². The summed E-state index contributed by atoms with van der Waals surface area (Å²) in [5.74, 6) is 0.645. The molecule has 140 valence electrons. The number of ether oxygens (including phenoxy) is 2. The Bertz CT molecular complexity index is 976. The van der Waals surface area contributed by atoms with Gasteiger partial charge in [0.2, 0.25) is 5.91 Å². The molecule has 1 heterocycles. The molecule has 2 aromatic carbocycles. The van der Waals surface area contributed by atoms with E-state index in [1.807, 2.05) is 0 Å². The quantitative estimate of drug-likeness (QED) is 0.694. The third-order valence-electron chi connectivity index (χ3n) is 4.00. The fourth-order valence-corrected chi connectivity index (χ4v) is 2.77. The molecule has 0 bridgehead atoms. The Morgan fingerprint density at radius 3 is 2.30 bits per heavy atom. The van der Waals surface area contributed by atoms with E-state index >= 15 is 0 Å². The largest absolute Gasteiger partial charge is 0.497 e. The number of methoxy groups -OCH3 is 2. The molecule has 27 heavy (non-hydrogen) atoms. The highest BCUT2D eigenvalue weighted by atomic mass is 16.5. The second-order valence-electron chi connectivity index (χ2n) is 5.91. The van der Waals surface area contributed by atoms with Gasteiger partial charge in [0.15, 0.2) is 0 Å². The number of carbonyl (C=O) groups excluding carboxylic acids is 2. The van der Waals surface area contributed by atoms with Crippen LogP contribution in [0.5, 0.6) is 5.75 Å². The molecule has 0 aliphatic rings. The van der Waals surface area contributed by atoms with Gasteiger partial charge in [-0.25, -0.2) is 0 Å². The number of nitrogens with one attached hydrogen (secondary N) is 2. The van der Waals surface area contributed by atoms with E-state index in [9.17, 15) is 9.59 Å². The molecule has 0 spiro atoms. The van der Waals surface area contributed by atoms with Gasteiger partial charge in [-0.05, 0) is 49.4 Å². The van der Waals surface area contributed by atoms with Crippen molar-refractivity contribution in [1.82, 2.24) is 0 Å². The minimum atomic E-state index is -0.282. The molecule has 7 heteroatoms. The smallest absolute Gasteiger partial charge is 0.259 e. The summed E-state index contributed by atoms with van der Waals surface area (Å²) in [5.41, 5.74) is 2.29. The van der Waals surface area contributed by atoms with E-state index in [2.05, 4.69) is 10.6 Å². The van der Waals surface area contributed by atoms with Crippen molar-refractivity contribution < 1.29 is 23.5 Å². The number of rotatable bonds is 6. The lowest BCUT2D eigenvalue weighted by molar-refractivity contribution is -0.119. The molecule has 0 aliphatic carbocycles. The van der Waals surface area contributed by atoms with Gasteiger partial charge >= 0.3 is 0 Å². The topological polar surface area (TPSA) is 89.8 Å². The second kappa shape index (κ2) is 7.92. The molecule has 1 aromatic heterocycles. The fourth-order valence-electron chi connectivity index (χ4n) is 2.77. The van der Waals surface area contributed by atoms with E-state index in [0.29, 0.717) is 39.4 Å². The molecule has 0 aliphatic heterocycles. The maximum absolute atomic E-state index is 12.8. The molecular weight excluding hydrogens is 348 g/mol. The summed E-state index contributed by atoms with van der Waals surface area (Å²) in [7, 11) is 3.02. The summed E-state index contributed by atoms with van der Waals surface area (Å²) in [4.78, 5) is 24.3. The van der Waals surface area contributed by atoms with Crippen LogP contribution in [0.3, 0.4) is 0 Å². The summed E-state index contributed by atoms with van der Waals surface area (Å²) < 4.78 is 15.7. The number of carbonyl (C=O) groups is 2. The van der Waals surface area contributed by atoms with Gasteiger partial charge in [0.1, 0.15) is 23.7 Å². The Labute approximate surface area is 156 Å².